The number of allylic oxidation sites excluding steroid dienone is 5. The first kappa shape index (κ1) is 14.1. The first-order valence-electron chi connectivity index (χ1n) is 9.34. The molecule has 1 aromatic heterocycles. The first-order valence-corrected chi connectivity index (χ1v) is 8.76. The zero-order valence-electron chi connectivity index (χ0n) is 15.7. The Morgan fingerprint density at radius 1 is 0.962 bits per heavy atom. The summed E-state index contributed by atoms with van der Waals surface area (Å²) in [6.07, 6.45) is 15.8. The van der Waals surface area contributed by atoms with E-state index in [1.807, 2.05) is 68.5 Å². The lowest BCUT2D eigenvalue weighted by Gasteiger charge is -2.22. The van der Waals surface area contributed by atoms with Crippen molar-refractivity contribution in [3.05, 3.63) is 82.0 Å². The molecule has 2 N–H and O–H groups in total. The number of aliphatic imine (C=N–C) groups is 2. The Kier molecular flexibility index (Phi) is 2.94. The van der Waals surface area contributed by atoms with Gasteiger partial charge < -0.3 is 10.3 Å². The molecule has 128 valence electrons. The summed E-state index contributed by atoms with van der Waals surface area (Å²) in [4.78, 5) is 12.8. The molecule has 0 aromatic carbocycles. The van der Waals surface area contributed by atoms with Crippen LogP contribution in [0.5, 0.6) is 0 Å². The van der Waals surface area contributed by atoms with Crippen LogP contribution < -0.4 is 16.0 Å². The number of aromatic nitrogens is 1. The number of hydrogen-bond acceptors (Lipinski definition) is 3. The molecule has 0 aliphatic carbocycles. The van der Waals surface area contributed by atoms with E-state index >= 15 is 0 Å². The molecule has 5 rings (SSSR count). The third-order valence-electron chi connectivity index (χ3n) is 4.79. The van der Waals surface area contributed by atoms with Gasteiger partial charge in [0.05, 0.1) is 28.4 Å². The predicted octanol–water partition coefficient (Wildman–Crippen LogP) is 2.40. The fourth-order valence-corrected chi connectivity index (χ4v) is 3.66. The van der Waals surface area contributed by atoms with Gasteiger partial charge in [0.25, 0.3) is 0 Å². The molecular formula is C22H20N4. The summed E-state index contributed by atoms with van der Waals surface area (Å²) >= 11 is 0. The molecule has 4 aliphatic rings. The lowest BCUT2D eigenvalue weighted by molar-refractivity contribution is 0.523. The second-order valence-electron chi connectivity index (χ2n) is 7.18. The van der Waals surface area contributed by atoms with E-state index in [9.17, 15) is 0 Å². The van der Waals surface area contributed by atoms with Crippen LogP contribution in [0.25, 0.3) is 12.2 Å². The summed E-state index contributed by atoms with van der Waals surface area (Å²) in [5, 5.41) is 5.53. The highest BCUT2D eigenvalue weighted by atomic mass is 15.0. The molecule has 5 heterocycles. The summed E-state index contributed by atoms with van der Waals surface area (Å²) in [6.45, 7) is 4.06. The van der Waals surface area contributed by atoms with Crippen molar-refractivity contribution in [3.63, 3.8) is 0 Å². The first-order chi connectivity index (χ1) is 13.0. The Hall–Kier alpha value is -3.14. The maximum absolute atomic E-state index is 8.68. The number of fused-ring (bicyclic) bond motifs is 6. The molecule has 0 amide bonds. The van der Waals surface area contributed by atoms with Crippen molar-refractivity contribution in [2.24, 2.45) is 9.98 Å². The van der Waals surface area contributed by atoms with Gasteiger partial charge in [0.2, 0.25) is 0 Å². The fraction of sp³-hybridized carbons (Fsp3) is 0.182. The van der Waals surface area contributed by atoms with Crippen LogP contribution in [0, 0.1) is 0 Å². The van der Waals surface area contributed by atoms with Gasteiger partial charge in [-0.3, -0.25) is 0 Å². The molecule has 2 atom stereocenters. The molecular weight excluding hydrogens is 320 g/mol. The van der Waals surface area contributed by atoms with Gasteiger partial charge in [-0.05, 0) is 86.6 Å². The molecule has 0 spiro atoms. The molecule has 8 bridgehead atoms. The van der Waals surface area contributed by atoms with Crippen molar-refractivity contribution < 1.29 is 1.37 Å². The highest BCUT2D eigenvalue weighted by Crippen LogP contribution is 2.31. The summed E-state index contributed by atoms with van der Waals surface area (Å²) in [5.74, 6) is 0. The average molecular weight is 341 g/mol. The Bertz CT molecular complexity index is 1180. The van der Waals surface area contributed by atoms with Crippen LogP contribution in [0.4, 0.5) is 0 Å². The lowest BCUT2D eigenvalue weighted by Crippen LogP contribution is -2.34. The van der Waals surface area contributed by atoms with Crippen molar-refractivity contribution in [1.82, 2.24) is 10.3 Å². The van der Waals surface area contributed by atoms with Crippen molar-refractivity contribution in [3.8, 4) is 0 Å². The summed E-state index contributed by atoms with van der Waals surface area (Å²) in [7, 11) is 0. The van der Waals surface area contributed by atoms with E-state index in [2.05, 4.69) is 21.4 Å². The number of nitrogens with one attached hydrogen (secondary N) is 2. The van der Waals surface area contributed by atoms with E-state index < -0.39 is 5.54 Å². The van der Waals surface area contributed by atoms with E-state index in [0.717, 1.165) is 44.8 Å². The van der Waals surface area contributed by atoms with E-state index in [1.54, 1.807) is 0 Å². The van der Waals surface area contributed by atoms with Crippen LogP contribution in [-0.2, 0) is 0 Å². The predicted molar refractivity (Wildman–Crippen MR) is 107 cm³/mol. The van der Waals surface area contributed by atoms with Crippen LogP contribution >= 0.6 is 0 Å². The monoisotopic (exact) mass is 341 g/mol. The van der Waals surface area contributed by atoms with Gasteiger partial charge >= 0.3 is 0 Å². The van der Waals surface area contributed by atoms with Gasteiger partial charge in [-0.2, -0.15) is 0 Å². The standard InChI is InChI=1S/C22H20N4/c1-14-12-22(2)13-20-8-7-18(25-20)10-16-4-3-15(23-16)9-17-5-6-19(24-17)11-21(14)26-22/h3-11,13,23,26H,12H2,1-2H3/i12D. The minimum absolute atomic E-state index is 0.380. The highest BCUT2D eigenvalue weighted by molar-refractivity contribution is 6.20. The molecule has 4 nitrogen and oxygen atoms in total. The van der Waals surface area contributed by atoms with Crippen LogP contribution in [0.3, 0.4) is 0 Å². The number of rotatable bonds is 0. The van der Waals surface area contributed by atoms with Crippen molar-refractivity contribution in [2.75, 3.05) is 0 Å². The van der Waals surface area contributed by atoms with E-state index in [-0.39, 0.29) is 6.40 Å². The zero-order valence-corrected chi connectivity index (χ0v) is 14.7. The minimum atomic E-state index is -0.507. The van der Waals surface area contributed by atoms with Crippen LogP contribution in [-0.4, -0.2) is 21.9 Å². The molecule has 0 saturated heterocycles. The summed E-state index contributed by atoms with van der Waals surface area (Å²) < 4.78 is 8.68. The highest BCUT2D eigenvalue weighted by Gasteiger charge is 2.30. The average Bonchev–Trinajstić information content (AvgIpc) is 3.38. The van der Waals surface area contributed by atoms with Crippen molar-refractivity contribution in [1.29, 1.82) is 0 Å². The van der Waals surface area contributed by atoms with Crippen molar-refractivity contribution >= 4 is 23.6 Å². The Morgan fingerprint density at radius 2 is 1.62 bits per heavy atom. The number of hydrogen-bond donors (Lipinski definition) is 2. The van der Waals surface area contributed by atoms with Crippen molar-refractivity contribution in [2.45, 2.75) is 25.8 Å². The minimum Gasteiger partial charge on any atom is -0.376 e. The SMILES string of the molecule is [2H]C1C(C)=C2C=C3C=CC(=N3)C=c3ccc([nH]3)=CC3=NC(=CC1(C)N2)C=C3. The van der Waals surface area contributed by atoms with Crippen LogP contribution in [0.15, 0.2) is 81.2 Å². The van der Waals surface area contributed by atoms with Crippen LogP contribution in [0.1, 0.15) is 21.6 Å². The second kappa shape index (κ2) is 5.43. The third-order valence-corrected chi connectivity index (χ3v) is 4.79. The summed E-state index contributed by atoms with van der Waals surface area (Å²) in [5.41, 5.74) is 5.04. The van der Waals surface area contributed by atoms with Crippen LogP contribution in [0.2, 0.25) is 0 Å². The molecule has 4 heteroatoms. The van der Waals surface area contributed by atoms with E-state index in [1.165, 1.54) is 0 Å². The van der Waals surface area contributed by atoms with Gasteiger partial charge in [-0.25, -0.2) is 9.98 Å². The molecule has 26 heavy (non-hydrogen) atoms. The lowest BCUT2D eigenvalue weighted by atomic mass is 9.96. The topological polar surface area (TPSA) is 52.5 Å². The van der Waals surface area contributed by atoms with Gasteiger partial charge in [-0.1, -0.05) is 0 Å². The molecule has 2 unspecified atom stereocenters. The maximum atomic E-state index is 8.68. The Balaban J connectivity index is 1.71. The van der Waals surface area contributed by atoms with E-state index in [4.69, 9.17) is 6.36 Å². The molecule has 0 saturated carbocycles. The Labute approximate surface area is 153 Å². The second-order valence-corrected chi connectivity index (χ2v) is 7.18. The molecule has 1 aromatic rings. The van der Waals surface area contributed by atoms with Gasteiger partial charge in [0.15, 0.2) is 0 Å². The molecule has 0 radical (unpaired) electrons. The smallest absolute Gasteiger partial charge is 0.0658 e. The number of aromatic amines is 1. The fourth-order valence-electron chi connectivity index (χ4n) is 3.66. The number of nitrogens with zero attached hydrogens (tertiary/aromatic N) is 2. The maximum Gasteiger partial charge on any atom is 0.0658 e. The van der Waals surface area contributed by atoms with Gasteiger partial charge in [0, 0.05) is 17.8 Å². The third kappa shape index (κ3) is 2.73. The number of H-pyrrole nitrogens is 1. The largest absolute Gasteiger partial charge is 0.376 e. The summed E-state index contributed by atoms with van der Waals surface area (Å²) in [6, 6.07) is 4.08. The van der Waals surface area contributed by atoms with E-state index in [0.29, 0.717) is 0 Å². The molecule has 4 aliphatic heterocycles. The van der Waals surface area contributed by atoms with Gasteiger partial charge in [-0.15, -0.1) is 0 Å². The van der Waals surface area contributed by atoms with Gasteiger partial charge in [0.1, 0.15) is 0 Å². The quantitative estimate of drug-likeness (QED) is 0.748. The Morgan fingerprint density at radius 3 is 2.35 bits per heavy atom. The normalized spacial score (nSPS) is 29.3. The molecule has 0 fully saturated rings. The zero-order chi connectivity index (χ0) is 18.6.